The van der Waals surface area contributed by atoms with Crippen molar-refractivity contribution in [3.8, 4) is 17.1 Å². The molecule has 26 heavy (non-hydrogen) atoms. The van der Waals surface area contributed by atoms with Gasteiger partial charge in [-0.15, -0.1) is 0 Å². The highest BCUT2D eigenvalue weighted by Crippen LogP contribution is 2.25. The summed E-state index contributed by atoms with van der Waals surface area (Å²) in [7, 11) is -3.55. The Hall–Kier alpha value is -3.00. The maximum absolute atomic E-state index is 12.7. The molecule has 0 bridgehead atoms. The normalized spacial score (nSPS) is 15.9. The fourth-order valence-corrected chi connectivity index (χ4v) is 4.42. The monoisotopic (exact) mass is 368 g/mol. The highest BCUT2D eigenvalue weighted by molar-refractivity contribution is 7.89. The van der Waals surface area contributed by atoms with Gasteiger partial charge in [0.05, 0.1) is 11.4 Å². The van der Waals surface area contributed by atoms with Crippen molar-refractivity contribution in [1.82, 2.24) is 19.1 Å². The Morgan fingerprint density at radius 1 is 1.04 bits per heavy atom. The average Bonchev–Trinajstić information content (AvgIpc) is 3.26. The Morgan fingerprint density at radius 3 is 2.46 bits per heavy atom. The summed E-state index contributed by atoms with van der Waals surface area (Å²) >= 11 is 0. The lowest BCUT2D eigenvalue weighted by Crippen LogP contribution is -2.32. The molecule has 0 radical (unpaired) electrons. The smallest absolute Gasteiger partial charge is 0.266 e. The van der Waals surface area contributed by atoms with E-state index in [9.17, 15) is 13.2 Å². The summed E-state index contributed by atoms with van der Waals surface area (Å²) in [6.07, 6.45) is 2.08. The van der Waals surface area contributed by atoms with Gasteiger partial charge in [-0.1, -0.05) is 36.4 Å². The van der Waals surface area contributed by atoms with Crippen molar-refractivity contribution in [2.45, 2.75) is 6.42 Å². The number of pyridine rings is 1. The predicted octanol–water partition coefficient (Wildman–Crippen LogP) is 2.11. The molecule has 4 rings (SSSR count). The van der Waals surface area contributed by atoms with Crippen LogP contribution >= 0.6 is 0 Å². The van der Waals surface area contributed by atoms with Crippen molar-refractivity contribution < 1.29 is 13.2 Å². The van der Waals surface area contributed by atoms with E-state index in [0.29, 0.717) is 17.9 Å². The van der Waals surface area contributed by atoms with Gasteiger partial charge in [0.15, 0.2) is 11.5 Å². The zero-order valence-electron chi connectivity index (χ0n) is 13.8. The van der Waals surface area contributed by atoms with Crippen molar-refractivity contribution in [3.63, 3.8) is 0 Å². The van der Waals surface area contributed by atoms with Gasteiger partial charge >= 0.3 is 0 Å². The van der Waals surface area contributed by atoms with E-state index in [4.69, 9.17) is 0 Å². The molecule has 1 amide bonds. The molecule has 0 saturated carbocycles. The maximum atomic E-state index is 12.7. The first-order chi connectivity index (χ1) is 12.6. The van der Waals surface area contributed by atoms with E-state index < -0.39 is 15.9 Å². The minimum Gasteiger partial charge on any atom is -0.266 e. The number of carbonyl (C=O) groups excluding carboxylic acids is 1. The van der Waals surface area contributed by atoms with Crippen molar-refractivity contribution in [2.75, 3.05) is 12.3 Å². The van der Waals surface area contributed by atoms with Gasteiger partial charge in [-0.3, -0.25) is 4.79 Å². The quantitative estimate of drug-likeness (QED) is 0.707. The van der Waals surface area contributed by atoms with Crippen LogP contribution in [0.2, 0.25) is 0 Å². The Balaban J connectivity index is 1.83. The first kappa shape index (κ1) is 16.5. The molecule has 0 atom stereocenters. The minimum atomic E-state index is -3.55. The third kappa shape index (κ3) is 2.88. The first-order valence-electron chi connectivity index (χ1n) is 8.18. The Kier molecular flexibility index (Phi) is 4.04. The van der Waals surface area contributed by atoms with Crippen LogP contribution in [0.3, 0.4) is 0 Å². The van der Waals surface area contributed by atoms with Gasteiger partial charge in [-0.25, -0.2) is 22.4 Å². The van der Waals surface area contributed by atoms with Crippen LogP contribution in [-0.2, 0) is 10.0 Å². The van der Waals surface area contributed by atoms with Crippen LogP contribution in [0.25, 0.3) is 17.1 Å². The molecule has 0 spiro atoms. The number of hydrogen-bond acceptors (Lipinski definition) is 5. The van der Waals surface area contributed by atoms with E-state index in [-0.39, 0.29) is 18.0 Å². The van der Waals surface area contributed by atoms with Gasteiger partial charge in [0.2, 0.25) is 10.0 Å². The second kappa shape index (κ2) is 6.38. The molecule has 1 aliphatic heterocycles. The molecule has 3 heterocycles. The molecule has 0 aliphatic carbocycles. The molecule has 1 saturated heterocycles. The second-order valence-electron chi connectivity index (χ2n) is 5.93. The Labute approximate surface area is 151 Å². The molecule has 0 unspecified atom stereocenters. The van der Waals surface area contributed by atoms with E-state index in [1.165, 1.54) is 0 Å². The topological polar surface area (TPSA) is 85.2 Å². The number of rotatable bonds is 3. The number of carbonyl (C=O) groups is 1. The molecule has 0 N–H and O–H groups in total. The number of nitrogens with zero attached hydrogens (tertiary/aromatic N) is 4. The predicted molar refractivity (Wildman–Crippen MR) is 96.2 cm³/mol. The largest absolute Gasteiger partial charge is 0.287 e. The molecule has 132 valence electrons. The third-order valence-electron chi connectivity index (χ3n) is 4.19. The van der Waals surface area contributed by atoms with Gasteiger partial charge in [0.25, 0.3) is 5.91 Å². The number of amides is 1. The fourth-order valence-electron chi connectivity index (χ4n) is 2.95. The Morgan fingerprint density at radius 2 is 1.81 bits per heavy atom. The molecule has 1 aliphatic rings. The number of aromatic nitrogens is 3. The highest BCUT2D eigenvalue weighted by Gasteiger charge is 2.34. The summed E-state index contributed by atoms with van der Waals surface area (Å²) in [5, 5.41) is 4.37. The van der Waals surface area contributed by atoms with Crippen LogP contribution in [0.4, 0.5) is 0 Å². The van der Waals surface area contributed by atoms with Crippen molar-refractivity contribution in [1.29, 1.82) is 0 Å². The fraction of sp³-hybridized carbons (Fsp3) is 0.167. The van der Waals surface area contributed by atoms with Crippen LogP contribution < -0.4 is 0 Å². The lowest BCUT2D eigenvalue weighted by molar-refractivity contribution is 0.0864. The molecule has 1 aromatic carbocycles. The van der Waals surface area contributed by atoms with Crippen molar-refractivity contribution in [2.24, 2.45) is 0 Å². The van der Waals surface area contributed by atoms with Crippen LogP contribution in [0, 0.1) is 0 Å². The van der Waals surface area contributed by atoms with E-state index in [1.54, 1.807) is 29.1 Å². The van der Waals surface area contributed by atoms with Crippen LogP contribution in [0.5, 0.6) is 0 Å². The average molecular weight is 368 g/mol. The summed E-state index contributed by atoms with van der Waals surface area (Å²) in [5.41, 5.74) is 1.61. The first-order valence-corrected chi connectivity index (χ1v) is 9.79. The highest BCUT2D eigenvalue weighted by atomic mass is 32.2. The molecule has 2 aromatic heterocycles. The van der Waals surface area contributed by atoms with Gasteiger partial charge in [0.1, 0.15) is 0 Å². The van der Waals surface area contributed by atoms with E-state index >= 15 is 0 Å². The van der Waals surface area contributed by atoms with Crippen molar-refractivity contribution >= 4 is 15.9 Å². The van der Waals surface area contributed by atoms with Crippen LogP contribution in [0.15, 0.2) is 60.8 Å². The van der Waals surface area contributed by atoms with Crippen LogP contribution in [0.1, 0.15) is 16.9 Å². The standard InChI is InChI=1S/C18H16N4O3S/c23-18(21-11-6-12-26(21,24)25)15-13-16(14-7-2-1-3-8-14)22(20-15)17-9-4-5-10-19-17/h1-5,7-10,13H,6,11-12H2. The summed E-state index contributed by atoms with van der Waals surface area (Å²) < 4.78 is 26.6. The Bertz CT molecular complexity index is 990. The van der Waals surface area contributed by atoms with Crippen LogP contribution in [-0.4, -0.2) is 45.7 Å². The summed E-state index contributed by atoms with van der Waals surface area (Å²) in [6, 6.07) is 16.5. The molecule has 8 heteroatoms. The molecule has 3 aromatic rings. The zero-order chi connectivity index (χ0) is 18.1. The van der Waals surface area contributed by atoms with E-state index in [0.717, 1.165) is 9.87 Å². The minimum absolute atomic E-state index is 0.00870. The zero-order valence-corrected chi connectivity index (χ0v) is 14.6. The summed E-state index contributed by atoms with van der Waals surface area (Å²) in [6.45, 7) is 0.193. The SMILES string of the molecule is O=C(c1cc(-c2ccccc2)n(-c2ccccn2)n1)N1CCCS1(=O)=O. The molecular formula is C18H16N4O3S. The van der Waals surface area contributed by atoms with Gasteiger partial charge < -0.3 is 0 Å². The van der Waals surface area contributed by atoms with Crippen molar-refractivity contribution in [3.05, 3.63) is 66.5 Å². The van der Waals surface area contributed by atoms with Gasteiger partial charge in [0, 0.05) is 18.3 Å². The third-order valence-corrected chi connectivity index (χ3v) is 6.01. The van der Waals surface area contributed by atoms with E-state index in [2.05, 4.69) is 10.1 Å². The van der Waals surface area contributed by atoms with E-state index in [1.807, 2.05) is 36.4 Å². The number of benzene rings is 1. The molecule has 7 nitrogen and oxygen atoms in total. The second-order valence-corrected chi connectivity index (χ2v) is 7.94. The lowest BCUT2D eigenvalue weighted by Gasteiger charge is -2.12. The number of sulfonamides is 1. The number of hydrogen-bond donors (Lipinski definition) is 0. The summed E-state index contributed by atoms with van der Waals surface area (Å²) in [5.74, 6) is -0.0605. The maximum Gasteiger partial charge on any atom is 0.287 e. The van der Waals surface area contributed by atoms with Gasteiger partial charge in [-0.05, 0) is 24.6 Å². The lowest BCUT2D eigenvalue weighted by atomic mass is 10.1. The summed E-state index contributed by atoms with van der Waals surface area (Å²) in [4.78, 5) is 17.0. The molecule has 1 fully saturated rings. The van der Waals surface area contributed by atoms with Gasteiger partial charge in [-0.2, -0.15) is 5.10 Å². The molecular weight excluding hydrogens is 352 g/mol.